The fraction of sp³-hybridized carbons (Fsp3) is 0.571. The first-order valence-electron chi connectivity index (χ1n) is 9.32. The van der Waals surface area contributed by atoms with Crippen LogP contribution in [0, 0.1) is 5.92 Å². The van der Waals surface area contributed by atoms with Crippen molar-refractivity contribution in [3.05, 3.63) is 54.9 Å². The molecule has 0 unspecified atom stereocenters. The maximum Gasteiger partial charge on any atom is 0.168 e. The van der Waals surface area contributed by atoms with Crippen LogP contribution in [0.4, 0.5) is 0 Å². The van der Waals surface area contributed by atoms with Crippen molar-refractivity contribution in [3.8, 4) is 0 Å². The highest BCUT2D eigenvalue weighted by Crippen LogP contribution is 2.11. The molecule has 0 spiro atoms. The number of unbranched alkanes of at least 4 members (excludes halogenated alkanes) is 7. The van der Waals surface area contributed by atoms with Gasteiger partial charge in [-0.3, -0.25) is 0 Å². The van der Waals surface area contributed by atoms with Crippen LogP contribution in [0.5, 0.6) is 0 Å². The third-order valence-corrected chi connectivity index (χ3v) is 4.37. The maximum absolute atomic E-state index is 5.71. The van der Waals surface area contributed by atoms with Crippen LogP contribution in [0.1, 0.15) is 51.4 Å². The normalized spacial score (nSPS) is 13.9. The van der Waals surface area contributed by atoms with Crippen LogP contribution in [0.3, 0.4) is 0 Å². The lowest BCUT2D eigenvalue weighted by molar-refractivity contribution is -0.697. The molecule has 126 valence electrons. The molecule has 1 aliphatic rings. The molecule has 2 nitrogen and oxygen atoms in total. The van der Waals surface area contributed by atoms with E-state index in [-0.39, 0.29) is 0 Å². The van der Waals surface area contributed by atoms with Crippen molar-refractivity contribution in [1.82, 2.24) is 0 Å². The lowest BCUT2D eigenvalue weighted by atomic mass is 10.1. The first-order chi connectivity index (χ1) is 11.4. The number of aromatic nitrogens is 1. The zero-order valence-corrected chi connectivity index (χ0v) is 14.4. The van der Waals surface area contributed by atoms with Crippen LogP contribution in [0.25, 0.3) is 0 Å². The molecule has 0 bridgehead atoms. The lowest BCUT2D eigenvalue weighted by Crippen LogP contribution is -2.32. The van der Waals surface area contributed by atoms with E-state index in [9.17, 15) is 0 Å². The average Bonchev–Trinajstić information content (AvgIpc) is 3.10. The fourth-order valence-corrected chi connectivity index (χ4v) is 2.95. The Morgan fingerprint density at radius 2 is 1.30 bits per heavy atom. The van der Waals surface area contributed by atoms with E-state index in [1.54, 1.807) is 0 Å². The minimum Gasteiger partial charge on any atom is -0.381 e. The number of allylic oxidation sites excluding steroid dienone is 2. The van der Waals surface area contributed by atoms with Gasteiger partial charge in [0.15, 0.2) is 12.4 Å². The molecule has 0 atom stereocenters. The summed E-state index contributed by atoms with van der Waals surface area (Å²) in [6, 6.07) is 6.28. The molecular formula is C21H32NO+. The van der Waals surface area contributed by atoms with Gasteiger partial charge in [-0.25, -0.2) is 4.57 Å². The monoisotopic (exact) mass is 314 g/mol. The summed E-state index contributed by atoms with van der Waals surface area (Å²) in [5, 5.41) is 0. The highest BCUT2D eigenvalue weighted by molar-refractivity contribution is 5.17. The number of nitrogens with zero attached hydrogens (tertiary/aromatic N) is 1. The van der Waals surface area contributed by atoms with E-state index >= 15 is 0 Å². The smallest absolute Gasteiger partial charge is 0.168 e. The van der Waals surface area contributed by atoms with Gasteiger partial charge in [0.1, 0.15) is 6.54 Å². The number of hydrogen-bond acceptors (Lipinski definition) is 1. The zero-order chi connectivity index (χ0) is 16.0. The van der Waals surface area contributed by atoms with Gasteiger partial charge in [-0.2, -0.15) is 0 Å². The van der Waals surface area contributed by atoms with Crippen molar-refractivity contribution < 1.29 is 9.30 Å². The van der Waals surface area contributed by atoms with Crippen molar-refractivity contribution in [1.29, 1.82) is 0 Å². The van der Waals surface area contributed by atoms with Crippen LogP contribution in [-0.2, 0) is 11.3 Å². The summed E-state index contributed by atoms with van der Waals surface area (Å²) in [6.45, 7) is 2.93. The zero-order valence-electron chi connectivity index (χ0n) is 14.4. The van der Waals surface area contributed by atoms with Crippen LogP contribution in [0.15, 0.2) is 54.9 Å². The van der Waals surface area contributed by atoms with Gasteiger partial charge in [0.25, 0.3) is 0 Å². The summed E-state index contributed by atoms with van der Waals surface area (Å²) in [7, 11) is 0. The number of aryl methyl sites for hydroxylation is 1. The third-order valence-electron chi connectivity index (χ3n) is 4.37. The molecule has 0 fully saturated rings. The van der Waals surface area contributed by atoms with E-state index in [1.165, 1.54) is 51.4 Å². The summed E-state index contributed by atoms with van der Waals surface area (Å²) in [4.78, 5) is 0. The van der Waals surface area contributed by atoms with Gasteiger partial charge in [-0.05, 0) is 12.8 Å². The molecule has 0 radical (unpaired) electrons. The van der Waals surface area contributed by atoms with Crippen molar-refractivity contribution in [2.24, 2.45) is 5.92 Å². The van der Waals surface area contributed by atoms with Crippen molar-refractivity contribution in [2.45, 2.75) is 57.9 Å². The topological polar surface area (TPSA) is 13.1 Å². The highest BCUT2D eigenvalue weighted by atomic mass is 16.5. The van der Waals surface area contributed by atoms with Gasteiger partial charge in [-0.1, -0.05) is 62.5 Å². The van der Waals surface area contributed by atoms with E-state index in [0.717, 1.165) is 19.8 Å². The summed E-state index contributed by atoms with van der Waals surface area (Å²) >= 11 is 0. The largest absolute Gasteiger partial charge is 0.381 e. The summed E-state index contributed by atoms with van der Waals surface area (Å²) < 4.78 is 7.99. The quantitative estimate of drug-likeness (QED) is 0.374. The molecule has 1 aliphatic carbocycles. The SMILES string of the molecule is C1=CC(COCCCCCCCCCC[n+]2ccccc2)C=C1. The Bertz CT molecular complexity index is 440. The summed E-state index contributed by atoms with van der Waals surface area (Å²) in [5.74, 6) is 0.518. The fourth-order valence-electron chi connectivity index (χ4n) is 2.95. The highest BCUT2D eigenvalue weighted by Gasteiger charge is 2.02. The van der Waals surface area contributed by atoms with Gasteiger partial charge in [0.2, 0.25) is 0 Å². The third kappa shape index (κ3) is 8.71. The maximum atomic E-state index is 5.71. The molecular weight excluding hydrogens is 282 g/mol. The van der Waals surface area contributed by atoms with Gasteiger partial charge in [0.05, 0.1) is 6.61 Å². The number of pyridine rings is 1. The Morgan fingerprint density at radius 1 is 0.696 bits per heavy atom. The first-order valence-corrected chi connectivity index (χ1v) is 9.32. The molecule has 0 aliphatic heterocycles. The minimum atomic E-state index is 0.518. The second-order valence-corrected chi connectivity index (χ2v) is 6.45. The molecule has 0 N–H and O–H groups in total. The molecule has 0 saturated heterocycles. The van der Waals surface area contributed by atoms with Crippen molar-refractivity contribution in [2.75, 3.05) is 13.2 Å². The number of ether oxygens (including phenoxy) is 1. The summed E-state index contributed by atoms with van der Waals surface area (Å²) in [5.41, 5.74) is 0. The van der Waals surface area contributed by atoms with Gasteiger partial charge in [0, 0.05) is 31.1 Å². The van der Waals surface area contributed by atoms with Crippen molar-refractivity contribution in [3.63, 3.8) is 0 Å². The lowest BCUT2D eigenvalue weighted by Gasteiger charge is -2.07. The van der Waals surface area contributed by atoms with Crippen LogP contribution in [-0.4, -0.2) is 13.2 Å². The minimum absolute atomic E-state index is 0.518. The number of rotatable bonds is 13. The molecule has 0 amide bonds. The predicted molar refractivity (Wildman–Crippen MR) is 96.2 cm³/mol. The second kappa shape index (κ2) is 12.1. The van der Waals surface area contributed by atoms with E-state index in [1.807, 2.05) is 0 Å². The molecule has 1 heterocycles. The van der Waals surface area contributed by atoms with Crippen LogP contribution < -0.4 is 4.57 Å². The van der Waals surface area contributed by atoms with Gasteiger partial charge >= 0.3 is 0 Å². The molecule has 2 heteroatoms. The number of hydrogen-bond donors (Lipinski definition) is 0. The Hall–Kier alpha value is -1.41. The molecule has 23 heavy (non-hydrogen) atoms. The van der Waals surface area contributed by atoms with Gasteiger partial charge < -0.3 is 4.74 Å². The van der Waals surface area contributed by atoms with Crippen LogP contribution >= 0.6 is 0 Å². The standard InChI is InChI=1S/C21H32NO/c1(3-5-10-16-22-17-11-7-12-18-22)2-4-6-13-19-23-20-21-14-8-9-15-21/h7-9,11-12,14-15,17-18,21H,1-6,10,13,16,19-20H2/q+1. The molecule has 0 saturated carbocycles. The molecule has 1 aromatic heterocycles. The Balaban J connectivity index is 1.29. The van der Waals surface area contributed by atoms with Gasteiger partial charge in [-0.15, -0.1) is 0 Å². The van der Waals surface area contributed by atoms with E-state index in [2.05, 4.69) is 59.5 Å². The van der Waals surface area contributed by atoms with Crippen molar-refractivity contribution >= 4 is 0 Å². The van der Waals surface area contributed by atoms with E-state index in [0.29, 0.717) is 5.92 Å². The Morgan fingerprint density at radius 3 is 2.00 bits per heavy atom. The van der Waals surface area contributed by atoms with E-state index < -0.39 is 0 Å². The predicted octanol–water partition coefficient (Wildman–Crippen LogP) is 4.85. The van der Waals surface area contributed by atoms with Crippen LogP contribution in [0.2, 0.25) is 0 Å². The molecule has 1 aromatic rings. The second-order valence-electron chi connectivity index (χ2n) is 6.45. The Labute approximate surface area is 141 Å². The average molecular weight is 314 g/mol. The Kier molecular flexibility index (Phi) is 9.41. The summed E-state index contributed by atoms with van der Waals surface area (Å²) in [6.07, 6.45) is 23.6. The first kappa shape index (κ1) is 17.9. The molecule has 2 rings (SSSR count). The molecule has 0 aromatic carbocycles. The van der Waals surface area contributed by atoms with E-state index in [4.69, 9.17) is 4.74 Å².